The summed E-state index contributed by atoms with van der Waals surface area (Å²) in [6.45, 7) is 1.99. The van der Waals surface area contributed by atoms with Crippen molar-refractivity contribution in [3.8, 4) is 0 Å². The van der Waals surface area contributed by atoms with Crippen LogP contribution in [0.15, 0.2) is 18.2 Å². The predicted molar refractivity (Wildman–Crippen MR) is 72.8 cm³/mol. The van der Waals surface area contributed by atoms with Crippen LogP contribution < -0.4 is 10.6 Å². The monoisotopic (exact) mass is 282 g/mol. The number of amides is 2. The molecular weight excluding hydrogens is 268 g/mol. The van der Waals surface area contributed by atoms with E-state index in [9.17, 15) is 9.59 Å². The van der Waals surface area contributed by atoms with Crippen molar-refractivity contribution in [1.29, 1.82) is 0 Å². The van der Waals surface area contributed by atoms with Gasteiger partial charge in [0.05, 0.1) is 16.3 Å². The fraction of sp³-hybridized carbons (Fsp3) is 0.385. The summed E-state index contributed by atoms with van der Waals surface area (Å²) in [7, 11) is 0. The van der Waals surface area contributed by atoms with E-state index in [0.717, 1.165) is 19.3 Å². The average Bonchev–Trinajstić information content (AvgIpc) is 2.29. The Bertz CT molecular complexity index is 527. The van der Waals surface area contributed by atoms with Crippen LogP contribution in [0.5, 0.6) is 0 Å². The molecule has 5 nitrogen and oxygen atoms in total. The minimum atomic E-state index is -1.06. The van der Waals surface area contributed by atoms with Gasteiger partial charge in [-0.25, -0.2) is 9.59 Å². The van der Waals surface area contributed by atoms with E-state index in [-0.39, 0.29) is 22.2 Å². The van der Waals surface area contributed by atoms with Crippen LogP contribution in [0.25, 0.3) is 0 Å². The van der Waals surface area contributed by atoms with Gasteiger partial charge in [0.2, 0.25) is 0 Å². The second kappa shape index (κ2) is 5.09. The van der Waals surface area contributed by atoms with Crippen molar-refractivity contribution in [2.75, 3.05) is 5.32 Å². The van der Waals surface area contributed by atoms with Crippen LogP contribution in [-0.2, 0) is 0 Å². The van der Waals surface area contributed by atoms with E-state index >= 15 is 0 Å². The maximum absolute atomic E-state index is 11.8. The molecule has 0 unspecified atom stereocenters. The molecule has 0 radical (unpaired) electrons. The Hall–Kier alpha value is -1.75. The van der Waals surface area contributed by atoms with E-state index in [0.29, 0.717) is 5.69 Å². The Labute approximate surface area is 116 Å². The van der Waals surface area contributed by atoms with Gasteiger partial charge in [-0.05, 0) is 44.4 Å². The van der Waals surface area contributed by atoms with Crippen LogP contribution in [0.2, 0.25) is 5.02 Å². The molecule has 0 spiro atoms. The average molecular weight is 283 g/mol. The van der Waals surface area contributed by atoms with Gasteiger partial charge in [0.15, 0.2) is 0 Å². The van der Waals surface area contributed by atoms with Gasteiger partial charge in [-0.3, -0.25) is 0 Å². The highest BCUT2D eigenvalue weighted by atomic mass is 35.5. The number of halogens is 1. The number of carboxylic acids is 1. The summed E-state index contributed by atoms with van der Waals surface area (Å²) in [5, 5.41) is 14.5. The lowest BCUT2D eigenvalue weighted by molar-refractivity contribution is 0.0697. The number of rotatable bonds is 3. The van der Waals surface area contributed by atoms with E-state index in [1.54, 1.807) is 0 Å². The Morgan fingerprint density at radius 1 is 1.37 bits per heavy atom. The van der Waals surface area contributed by atoms with E-state index < -0.39 is 5.97 Å². The molecule has 1 aromatic carbocycles. The summed E-state index contributed by atoms with van der Waals surface area (Å²) in [5.41, 5.74) is 0.339. The van der Waals surface area contributed by atoms with Gasteiger partial charge in [-0.15, -0.1) is 0 Å². The highest BCUT2D eigenvalue weighted by Crippen LogP contribution is 2.31. The standard InChI is InChI=1S/C13H15ClN2O3/c1-13(5-2-6-13)16-12(19)15-10-4-3-8(11(17)18)7-9(10)14/h3-4,7H,2,5-6H2,1H3,(H,17,18)(H2,15,16,19). The summed E-state index contributed by atoms with van der Waals surface area (Å²) in [5.74, 6) is -1.06. The second-order valence-electron chi connectivity index (χ2n) is 4.99. The number of anilines is 1. The minimum Gasteiger partial charge on any atom is -0.478 e. The Balaban J connectivity index is 2.02. The molecule has 1 aliphatic carbocycles. The van der Waals surface area contributed by atoms with Crippen LogP contribution in [-0.4, -0.2) is 22.6 Å². The molecule has 1 aliphatic rings. The quantitative estimate of drug-likeness (QED) is 0.797. The fourth-order valence-corrected chi connectivity index (χ4v) is 2.24. The largest absolute Gasteiger partial charge is 0.478 e. The highest BCUT2D eigenvalue weighted by molar-refractivity contribution is 6.34. The predicted octanol–water partition coefficient (Wildman–Crippen LogP) is 3.10. The number of hydrogen-bond acceptors (Lipinski definition) is 2. The number of hydrogen-bond donors (Lipinski definition) is 3. The number of benzene rings is 1. The summed E-state index contributed by atoms with van der Waals surface area (Å²) in [6.07, 6.45) is 3.04. The van der Waals surface area contributed by atoms with Gasteiger partial charge < -0.3 is 15.7 Å². The van der Waals surface area contributed by atoms with Crippen LogP contribution in [0.4, 0.5) is 10.5 Å². The van der Waals surface area contributed by atoms with Crippen LogP contribution in [0.3, 0.4) is 0 Å². The lowest BCUT2D eigenvalue weighted by Crippen LogP contribution is -2.52. The normalized spacial score (nSPS) is 16.3. The number of carboxylic acid groups (broad SMARTS) is 1. The molecule has 0 heterocycles. The second-order valence-corrected chi connectivity index (χ2v) is 5.40. The SMILES string of the molecule is CC1(NC(=O)Nc2ccc(C(=O)O)cc2Cl)CCC1. The maximum atomic E-state index is 11.8. The zero-order chi connectivity index (χ0) is 14.0. The number of carbonyl (C=O) groups is 2. The van der Waals surface area contributed by atoms with E-state index in [1.165, 1.54) is 18.2 Å². The Kier molecular flexibility index (Phi) is 3.66. The van der Waals surface area contributed by atoms with Gasteiger partial charge in [0.25, 0.3) is 0 Å². The molecule has 0 aliphatic heterocycles. The number of urea groups is 1. The molecule has 2 amide bonds. The van der Waals surface area contributed by atoms with Crippen LogP contribution in [0.1, 0.15) is 36.5 Å². The minimum absolute atomic E-state index is 0.0851. The zero-order valence-corrected chi connectivity index (χ0v) is 11.3. The molecule has 3 N–H and O–H groups in total. The first-order valence-corrected chi connectivity index (χ1v) is 6.39. The topological polar surface area (TPSA) is 78.4 Å². The summed E-state index contributed by atoms with van der Waals surface area (Å²) >= 11 is 5.93. The molecule has 2 rings (SSSR count). The summed E-state index contributed by atoms with van der Waals surface area (Å²) < 4.78 is 0. The molecule has 19 heavy (non-hydrogen) atoms. The lowest BCUT2D eigenvalue weighted by atomic mass is 9.79. The molecular formula is C13H15ClN2O3. The Morgan fingerprint density at radius 2 is 2.05 bits per heavy atom. The van der Waals surface area contributed by atoms with E-state index in [4.69, 9.17) is 16.7 Å². The smallest absolute Gasteiger partial charge is 0.335 e. The molecule has 0 bridgehead atoms. The number of nitrogens with one attached hydrogen (secondary N) is 2. The van der Waals surface area contributed by atoms with Crippen molar-refractivity contribution in [3.63, 3.8) is 0 Å². The van der Waals surface area contributed by atoms with Crippen LogP contribution >= 0.6 is 11.6 Å². The summed E-state index contributed by atoms with van der Waals surface area (Å²) in [4.78, 5) is 22.6. The van der Waals surface area contributed by atoms with Crippen molar-refractivity contribution < 1.29 is 14.7 Å². The molecule has 1 saturated carbocycles. The molecule has 0 aromatic heterocycles. The Morgan fingerprint density at radius 3 is 2.53 bits per heavy atom. The lowest BCUT2D eigenvalue weighted by Gasteiger charge is -2.39. The van der Waals surface area contributed by atoms with Crippen molar-refractivity contribution in [1.82, 2.24) is 5.32 Å². The van der Waals surface area contributed by atoms with Gasteiger partial charge >= 0.3 is 12.0 Å². The van der Waals surface area contributed by atoms with Crippen LogP contribution in [0, 0.1) is 0 Å². The van der Waals surface area contributed by atoms with E-state index in [2.05, 4.69) is 10.6 Å². The summed E-state index contributed by atoms with van der Waals surface area (Å²) in [6, 6.07) is 3.86. The van der Waals surface area contributed by atoms with Crippen molar-refractivity contribution >= 4 is 29.3 Å². The fourth-order valence-electron chi connectivity index (χ4n) is 2.01. The van der Waals surface area contributed by atoms with Crippen molar-refractivity contribution in [3.05, 3.63) is 28.8 Å². The van der Waals surface area contributed by atoms with Crippen molar-refractivity contribution in [2.24, 2.45) is 0 Å². The molecule has 0 atom stereocenters. The van der Waals surface area contributed by atoms with Gasteiger partial charge in [0, 0.05) is 5.54 Å². The number of aromatic carboxylic acids is 1. The molecule has 6 heteroatoms. The first-order valence-electron chi connectivity index (χ1n) is 6.02. The van der Waals surface area contributed by atoms with E-state index in [1.807, 2.05) is 6.92 Å². The third-order valence-electron chi connectivity index (χ3n) is 3.34. The maximum Gasteiger partial charge on any atom is 0.335 e. The highest BCUT2D eigenvalue weighted by Gasteiger charge is 2.33. The zero-order valence-electron chi connectivity index (χ0n) is 10.5. The third kappa shape index (κ3) is 3.17. The first kappa shape index (κ1) is 13.7. The van der Waals surface area contributed by atoms with Crippen molar-refractivity contribution in [2.45, 2.75) is 31.7 Å². The molecule has 1 aromatic rings. The first-order chi connectivity index (χ1) is 8.89. The number of carbonyl (C=O) groups excluding carboxylic acids is 1. The van der Waals surface area contributed by atoms with Gasteiger partial charge in [-0.2, -0.15) is 0 Å². The molecule has 102 valence electrons. The third-order valence-corrected chi connectivity index (χ3v) is 3.65. The van der Waals surface area contributed by atoms with Gasteiger partial charge in [-0.1, -0.05) is 11.6 Å². The van der Waals surface area contributed by atoms with Gasteiger partial charge in [0.1, 0.15) is 0 Å². The molecule has 1 fully saturated rings. The molecule has 0 saturated heterocycles.